The van der Waals surface area contributed by atoms with Crippen molar-refractivity contribution in [3.63, 3.8) is 0 Å². The van der Waals surface area contributed by atoms with Crippen LogP contribution in [0.3, 0.4) is 0 Å². The predicted octanol–water partition coefficient (Wildman–Crippen LogP) is 5.43. The number of carbonyl (C=O) groups is 1. The fourth-order valence-corrected chi connectivity index (χ4v) is 4.53. The average Bonchev–Trinajstić information content (AvgIpc) is 3.26. The summed E-state index contributed by atoms with van der Waals surface area (Å²) in [5, 5.41) is 12.5. The average molecular weight is 473 g/mol. The van der Waals surface area contributed by atoms with Gasteiger partial charge in [0.1, 0.15) is 12.4 Å². The molecule has 1 amide bonds. The van der Waals surface area contributed by atoms with Crippen molar-refractivity contribution in [1.82, 2.24) is 20.1 Å². The Morgan fingerprint density at radius 2 is 1.62 bits per heavy atom. The highest BCUT2D eigenvalue weighted by molar-refractivity contribution is 7.99. The molecule has 7 heteroatoms. The molecule has 4 aromatic rings. The number of thioether (sulfide) groups is 1. The van der Waals surface area contributed by atoms with E-state index in [9.17, 15) is 4.79 Å². The number of aryl methyl sites for hydroxylation is 2. The molecule has 1 aromatic heterocycles. The molecule has 1 N–H and O–H groups in total. The summed E-state index contributed by atoms with van der Waals surface area (Å²) in [5.41, 5.74) is 4.25. The van der Waals surface area contributed by atoms with Gasteiger partial charge in [-0.15, -0.1) is 10.2 Å². The van der Waals surface area contributed by atoms with Gasteiger partial charge in [0.2, 0.25) is 5.91 Å². The van der Waals surface area contributed by atoms with Crippen molar-refractivity contribution in [2.45, 2.75) is 38.6 Å². The highest BCUT2D eigenvalue weighted by Gasteiger charge is 2.18. The first kappa shape index (κ1) is 23.6. The number of ether oxygens (including phenoxy) is 1. The number of rotatable bonds is 9. The maximum absolute atomic E-state index is 12.7. The second kappa shape index (κ2) is 11.0. The fraction of sp³-hybridized carbons (Fsp3) is 0.222. The van der Waals surface area contributed by atoms with Gasteiger partial charge in [-0.3, -0.25) is 9.36 Å². The molecule has 1 heterocycles. The molecule has 0 aliphatic carbocycles. The monoisotopic (exact) mass is 472 g/mol. The molecular formula is C27H28N4O2S. The zero-order valence-electron chi connectivity index (χ0n) is 19.6. The van der Waals surface area contributed by atoms with E-state index in [-0.39, 0.29) is 24.3 Å². The Kier molecular flexibility index (Phi) is 7.65. The van der Waals surface area contributed by atoms with E-state index in [1.165, 1.54) is 11.8 Å². The molecule has 174 valence electrons. The Hall–Kier alpha value is -3.58. The van der Waals surface area contributed by atoms with Crippen LogP contribution in [0.5, 0.6) is 5.75 Å². The van der Waals surface area contributed by atoms with E-state index in [0.717, 1.165) is 28.1 Å². The molecule has 1 unspecified atom stereocenters. The van der Waals surface area contributed by atoms with Crippen LogP contribution in [-0.4, -0.2) is 26.4 Å². The molecule has 0 saturated heterocycles. The van der Waals surface area contributed by atoms with Gasteiger partial charge in [-0.2, -0.15) is 0 Å². The van der Waals surface area contributed by atoms with Gasteiger partial charge in [0, 0.05) is 5.69 Å². The Bertz CT molecular complexity index is 1260. The number of aromatic nitrogens is 3. The highest BCUT2D eigenvalue weighted by Crippen LogP contribution is 2.24. The first-order valence-corrected chi connectivity index (χ1v) is 12.2. The normalized spacial score (nSPS) is 11.7. The summed E-state index contributed by atoms with van der Waals surface area (Å²) in [7, 11) is 0. The third-order valence-corrected chi connectivity index (χ3v) is 6.46. The molecule has 4 rings (SSSR count). The smallest absolute Gasteiger partial charge is 0.230 e. The van der Waals surface area contributed by atoms with E-state index in [2.05, 4.69) is 28.5 Å². The molecule has 0 aliphatic heterocycles. The van der Waals surface area contributed by atoms with E-state index in [4.69, 9.17) is 4.74 Å². The van der Waals surface area contributed by atoms with Crippen LogP contribution in [0.15, 0.2) is 84.0 Å². The van der Waals surface area contributed by atoms with Crippen molar-refractivity contribution in [1.29, 1.82) is 0 Å². The van der Waals surface area contributed by atoms with Gasteiger partial charge in [0.05, 0.1) is 11.8 Å². The minimum absolute atomic E-state index is 0.0546. The first-order chi connectivity index (χ1) is 16.5. The zero-order chi connectivity index (χ0) is 23.9. The van der Waals surface area contributed by atoms with E-state index in [1.807, 2.05) is 91.2 Å². The summed E-state index contributed by atoms with van der Waals surface area (Å²) < 4.78 is 7.97. The molecular weight excluding hydrogens is 444 g/mol. The third kappa shape index (κ3) is 5.66. The van der Waals surface area contributed by atoms with Gasteiger partial charge in [0.25, 0.3) is 0 Å². The molecule has 0 saturated carbocycles. The molecule has 0 aliphatic rings. The summed E-state index contributed by atoms with van der Waals surface area (Å²) in [6.07, 6.45) is 0. The number of para-hydroxylation sites is 2. The lowest BCUT2D eigenvalue weighted by atomic mass is 10.0. The number of hydrogen-bond acceptors (Lipinski definition) is 5. The van der Waals surface area contributed by atoms with Crippen LogP contribution in [-0.2, 0) is 11.4 Å². The molecule has 3 aromatic carbocycles. The molecule has 0 bridgehead atoms. The summed E-state index contributed by atoms with van der Waals surface area (Å²) >= 11 is 1.36. The van der Waals surface area contributed by atoms with Crippen LogP contribution >= 0.6 is 11.8 Å². The third-order valence-electron chi connectivity index (χ3n) is 5.53. The first-order valence-electron chi connectivity index (χ1n) is 11.2. The Morgan fingerprint density at radius 3 is 2.35 bits per heavy atom. The van der Waals surface area contributed by atoms with E-state index in [0.29, 0.717) is 11.0 Å². The predicted molar refractivity (Wildman–Crippen MR) is 135 cm³/mol. The number of amides is 1. The second-order valence-electron chi connectivity index (χ2n) is 8.06. The molecule has 34 heavy (non-hydrogen) atoms. The van der Waals surface area contributed by atoms with Crippen molar-refractivity contribution in [3.8, 4) is 11.4 Å². The molecule has 0 fully saturated rings. The lowest BCUT2D eigenvalue weighted by Crippen LogP contribution is -2.28. The molecule has 6 nitrogen and oxygen atoms in total. The van der Waals surface area contributed by atoms with E-state index < -0.39 is 0 Å². The highest BCUT2D eigenvalue weighted by atomic mass is 32.2. The van der Waals surface area contributed by atoms with Crippen LogP contribution in [0.1, 0.15) is 35.5 Å². The van der Waals surface area contributed by atoms with Gasteiger partial charge >= 0.3 is 0 Å². The fourth-order valence-electron chi connectivity index (χ4n) is 3.75. The van der Waals surface area contributed by atoms with Gasteiger partial charge in [0.15, 0.2) is 11.0 Å². The number of nitrogens with zero attached hydrogens (tertiary/aromatic N) is 3. The molecule has 1 atom stereocenters. The summed E-state index contributed by atoms with van der Waals surface area (Å²) in [6, 6.07) is 25.8. The number of nitrogens with one attached hydrogen (secondary N) is 1. The van der Waals surface area contributed by atoms with Gasteiger partial charge < -0.3 is 10.1 Å². The number of benzene rings is 3. The summed E-state index contributed by atoms with van der Waals surface area (Å²) in [6.45, 7) is 6.33. The number of hydrogen-bond donors (Lipinski definition) is 1. The lowest BCUT2D eigenvalue weighted by Gasteiger charge is -2.16. The van der Waals surface area contributed by atoms with Crippen molar-refractivity contribution >= 4 is 17.7 Å². The van der Waals surface area contributed by atoms with Gasteiger partial charge in [-0.1, -0.05) is 72.4 Å². The lowest BCUT2D eigenvalue weighted by molar-refractivity contribution is -0.119. The topological polar surface area (TPSA) is 69.0 Å². The van der Waals surface area contributed by atoms with Crippen LogP contribution in [0, 0.1) is 13.8 Å². The number of carbonyl (C=O) groups excluding carboxylic acids is 1. The zero-order valence-corrected chi connectivity index (χ0v) is 20.4. The van der Waals surface area contributed by atoms with Crippen molar-refractivity contribution in [2.24, 2.45) is 0 Å². The van der Waals surface area contributed by atoms with E-state index in [1.54, 1.807) is 0 Å². The second-order valence-corrected chi connectivity index (χ2v) is 9.00. The molecule has 0 radical (unpaired) electrons. The van der Waals surface area contributed by atoms with Crippen molar-refractivity contribution in [2.75, 3.05) is 5.75 Å². The van der Waals surface area contributed by atoms with Crippen LogP contribution in [0.25, 0.3) is 5.69 Å². The van der Waals surface area contributed by atoms with Crippen LogP contribution in [0.2, 0.25) is 0 Å². The Balaban J connectivity index is 1.47. The minimum atomic E-state index is -0.0700. The maximum Gasteiger partial charge on any atom is 0.230 e. The van der Waals surface area contributed by atoms with Crippen molar-refractivity contribution < 1.29 is 9.53 Å². The van der Waals surface area contributed by atoms with Crippen LogP contribution in [0.4, 0.5) is 0 Å². The van der Waals surface area contributed by atoms with Gasteiger partial charge in [-0.25, -0.2) is 0 Å². The Morgan fingerprint density at radius 1 is 0.941 bits per heavy atom. The molecule has 0 spiro atoms. The summed E-state index contributed by atoms with van der Waals surface area (Å²) in [5.74, 6) is 1.66. The largest absolute Gasteiger partial charge is 0.485 e. The standard InChI is InChI=1S/C27H28N4O2S/c1-19-11-7-9-15-23(19)21(3)28-26(32)18-34-27-30-29-25(31(27)22-13-5-4-6-14-22)17-33-24-16-10-8-12-20(24)2/h4-16,21H,17-18H2,1-3H3,(H,28,32). The quantitative estimate of drug-likeness (QED) is 0.329. The maximum atomic E-state index is 12.7. The van der Waals surface area contributed by atoms with E-state index >= 15 is 0 Å². The van der Waals surface area contributed by atoms with Gasteiger partial charge in [-0.05, 0) is 55.7 Å². The Labute approximate surface area is 204 Å². The van der Waals surface area contributed by atoms with Crippen molar-refractivity contribution in [3.05, 3.63) is 101 Å². The summed E-state index contributed by atoms with van der Waals surface area (Å²) in [4.78, 5) is 12.7. The van der Waals surface area contributed by atoms with Crippen LogP contribution < -0.4 is 10.1 Å². The SMILES string of the molecule is Cc1ccccc1OCc1nnc(SCC(=O)NC(C)c2ccccc2C)n1-c1ccccc1. The minimum Gasteiger partial charge on any atom is -0.485 e.